The van der Waals surface area contributed by atoms with Gasteiger partial charge in [-0.3, -0.25) is 0 Å². The number of fused-ring (bicyclic) bond motifs is 1. The van der Waals surface area contributed by atoms with Crippen molar-refractivity contribution < 1.29 is 0 Å². The number of nitrogens with one attached hydrogen (secondary N) is 1. The molecule has 2 aromatic rings. The molecular formula is C16H23N3. The van der Waals surface area contributed by atoms with E-state index in [-0.39, 0.29) is 0 Å². The van der Waals surface area contributed by atoms with Gasteiger partial charge in [0.05, 0.1) is 6.20 Å². The van der Waals surface area contributed by atoms with Crippen LogP contribution in [0.15, 0.2) is 30.5 Å². The van der Waals surface area contributed by atoms with E-state index >= 15 is 0 Å². The summed E-state index contributed by atoms with van der Waals surface area (Å²) in [5, 5.41) is 14.1. The number of benzene rings is 1. The van der Waals surface area contributed by atoms with Gasteiger partial charge in [0.2, 0.25) is 0 Å². The number of anilines is 1. The molecular weight excluding hydrogens is 234 g/mol. The van der Waals surface area contributed by atoms with Gasteiger partial charge in [-0.05, 0) is 19.3 Å². The predicted molar refractivity (Wildman–Crippen MR) is 81.3 cm³/mol. The topological polar surface area (TPSA) is 37.8 Å². The van der Waals surface area contributed by atoms with E-state index in [9.17, 15) is 0 Å². The molecule has 0 saturated heterocycles. The van der Waals surface area contributed by atoms with Gasteiger partial charge in [-0.1, -0.05) is 51.0 Å². The van der Waals surface area contributed by atoms with Crippen LogP contribution in [0, 0.1) is 5.92 Å². The number of hydrogen-bond acceptors (Lipinski definition) is 3. The van der Waals surface area contributed by atoms with Crippen LogP contribution in [0.5, 0.6) is 0 Å². The minimum atomic E-state index is 0.429. The highest BCUT2D eigenvalue weighted by molar-refractivity contribution is 5.90. The Hall–Kier alpha value is -1.64. The smallest absolute Gasteiger partial charge is 0.156 e. The van der Waals surface area contributed by atoms with E-state index in [1.54, 1.807) is 0 Å². The molecule has 3 nitrogen and oxygen atoms in total. The minimum absolute atomic E-state index is 0.429. The summed E-state index contributed by atoms with van der Waals surface area (Å²) >= 11 is 0. The summed E-state index contributed by atoms with van der Waals surface area (Å²) in [4.78, 5) is 0. The van der Waals surface area contributed by atoms with Gasteiger partial charge < -0.3 is 5.32 Å². The number of aromatic nitrogens is 2. The van der Waals surface area contributed by atoms with Gasteiger partial charge in [0.1, 0.15) is 0 Å². The minimum Gasteiger partial charge on any atom is -0.366 e. The highest BCUT2D eigenvalue weighted by Crippen LogP contribution is 2.20. The molecule has 0 fully saturated rings. The normalized spacial score (nSPS) is 12.8. The molecule has 1 aromatic carbocycles. The first-order valence-corrected chi connectivity index (χ1v) is 7.14. The van der Waals surface area contributed by atoms with Gasteiger partial charge in [-0.2, -0.15) is 5.10 Å². The maximum Gasteiger partial charge on any atom is 0.156 e. The summed E-state index contributed by atoms with van der Waals surface area (Å²) in [6, 6.07) is 8.66. The van der Waals surface area contributed by atoms with E-state index in [2.05, 4.69) is 48.4 Å². The van der Waals surface area contributed by atoms with Crippen LogP contribution in [0.3, 0.4) is 0 Å². The van der Waals surface area contributed by atoms with Crippen LogP contribution in [0.4, 0.5) is 5.82 Å². The van der Waals surface area contributed by atoms with Gasteiger partial charge in [0, 0.05) is 16.8 Å². The molecule has 3 heteroatoms. The van der Waals surface area contributed by atoms with Crippen LogP contribution in [0.2, 0.25) is 0 Å². The first kappa shape index (κ1) is 13.8. The molecule has 0 spiro atoms. The van der Waals surface area contributed by atoms with Crippen LogP contribution in [-0.2, 0) is 0 Å². The summed E-state index contributed by atoms with van der Waals surface area (Å²) in [7, 11) is 0. The summed E-state index contributed by atoms with van der Waals surface area (Å²) in [5.74, 6) is 1.68. The summed E-state index contributed by atoms with van der Waals surface area (Å²) in [6.07, 6.45) is 5.52. The van der Waals surface area contributed by atoms with E-state index in [0.29, 0.717) is 6.04 Å². The van der Waals surface area contributed by atoms with Crippen LogP contribution in [-0.4, -0.2) is 16.2 Å². The average molecular weight is 257 g/mol. The van der Waals surface area contributed by atoms with Crippen molar-refractivity contribution in [2.24, 2.45) is 5.92 Å². The zero-order valence-electron chi connectivity index (χ0n) is 12.1. The van der Waals surface area contributed by atoms with Crippen molar-refractivity contribution in [1.82, 2.24) is 10.2 Å². The lowest BCUT2D eigenvalue weighted by atomic mass is 10.0. The quantitative estimate of drug-likeness (QED) is 0.840. The molecule has 0 aliphatic carbocycles. The van der Waals surface area contributed by atoms with Gasteiger partial charge >= 0.3 is 0 Å². The van der Waals surface area contributed by atoms with E-state index < -0.39 is 0 Å². The molecule has 0 aliphatic heterocycles. The molecule has 2 rings (SSSR count). The molecule has 0 saturated carbocycles. The van der Waals surface area contributed by atoms with E-state index in [0.717, 1.165) is 22.5 Å². The molecule has 0 bridgehead atoms. The third-order valence-electron chi connectivity index (χ3n) is 3.37. The molecule has 1 aromatic heterocycles. The van der Waals surface area contributed by atoms with E-state index in [4.69, 9.17) is 0 Å². The molecule has 0 aliphatic rings. The van der Waals surface area contributed by atoms with Crippen molar-refractivity contribution in [3.05, 3.63) is 30.5 Å². The lowest BCUT2D eigenvalue weighted by Crippen LogP contribution is -2.16. The zero-order chi connectivity index (χ0) is 13.7. The third-order valence-corrected chi connectivity index (χ3v) is 3.37. The highest BCUT2D eigenvalue weighted by Gasteiger charge is 2.07. The largest absolute Gasteiger partial charge is 0.366 e. The van der Waals surface area contributed by atoms with Crippen molar-refractivity contribution in [1.29, 1.82) is 0 Å². The fourth-order valence-electron chi connectivity index (χ4n) is 2.27. The lowest BCUT2D eigenvalue weighted by molar-refractivity contribution is 0.520. The Bertz CT molecular complexity index is 517. The van der Waals surface area contributed by atoms with Gasteiger partial charge in [-0.25, -0.2) is 0 Å². The maximum absolute atomic E-state index is 4.23. The monoisotopic (exact) mass is 257 g/mol. The van der Waals surface area contributed by atoms with Gasteiger partial charge in [0.25, 0.3) is 0 Å². The highest BCUT2D eigenvalue weighted by atomic mass is 15.2. The first-order chi connectivity index (χ1) is 9.16. The summed E-state index contributed by atoms with van der Waals surface area (Å²) in [6.45, 7) is 6.76. The molecule has 19 heavy (non-hydrogen) atoms. The fraction of sp³-hybridized carbons (Fsp3) is 0.500. The second kappa shape index (κ2) is 6.50. The Kier molecular flexibility index (Phi) is 4.72. The van der Waals surface area contributed by atoms with Crippen molar-refractivity contribution in [3.63, 3.8) is 0 Å². The van der Waals surface area contributed by atoms with Crippen LogP contribution in [0.25, 0.3) is 10.8 Å². The molecule has 1 unspecified atom stereocenters. The van der Waals surface area contributed by atoms with Crippen LogP contribution in [0.1, 0.15) is 40.0 Å². The Labute approximate surface area is 115 Å². The third kappa shape index (κ3) is 3.91. The van der Waals surface area contributed by atoms with Gasteiger partial charge in [-0.15, -0.1) is 5.10 Å². The van der Waals surface area contributed by atoms with Gasteiger partial charge in [0.15, 0.2) is 5.82 Å². The molecule has 1 atom stereocenters. The maximum atomic E-state index is 4.23. The van der Waals surface area contributed by atoms with E-state index in [1.807, 2.05) is 18.3 Å². The summed E-state index contributed by atoms with van der Waals surface area (Å²) < 4.78 is 0. The van der Waals surface area contributed by atoms with Crippen LogP contribution < -0.4 is 5.32 Å². The second-order valence-corrected chi connectivity index (χ2v) is 5.65. The first-order valence-electron chi connectivity index (χ1n) is 7.14. The molecule has 1 N–H and O–H groups in total. The second-order valence-electron chi connectivity index (χ2n) is 5.65. The molecule has 102 valence electrons. The summed E-state index contributed by atoms with van der Waals surface area (Å²) in [5.41, 5.74) is 0. The van der Waals surface area contributed by atoms with Crippen molar-refractivity contribution >= 4 is 16.6 Å². The number of rotatable bonds is 6. The van der Waals surface area contributed by atoms with Crippen molar-refractivity contribution in [3.8, 4) is 0 Å². The predicted octanol–water partition coefficient (Wildman–Crippen LogP) is 4.26. The Morgan fingerprint density at radius 3 is 2.68 bits per heavy atom. The molecule has 0 amide bonds. The molecule has 0 radical (unpaired) electrons. The Morgan fingerprint density at radius 2 is 1.89 bits per heavy atom. The SMILES string of the molecule is CC(C)CCCC(C)Nc1nncc2ccccc12. The molecule has 1 heterocycles. The van der Waals surface area contributed by atoms with E-state index in [1.165, 1.54) is 19.3 Å². The standard InChI is InChI=1S/C16H23N3/c1-12(2)7-6-8-13(3)18-16-15-10-5-4-9-14(15)11-17-19-16/h4-5,9-13H,6-8H2,1-3H3,(H,18,19). The zero-order valence-corrected chi connectivity index (χ0v) is 12.1. The lowest BCUT2D eigenvalue weighted by Gasteiger charge is -2.15. The number of hydrogen-bond donors (Lipinski definition) is 1. The number of nitrogens with zero attached hydrogens (tertiary/aromatic N) is 2. The Balaban J connectivity index is 2.00. The van der Waals surface area contributed by atoms with Crippen molar-refractivity contribution in [2.75, 3.05) is 5.32 Å². The average Bonchev–Trinajstić information content (AvgIpc) is 2.39. The van der Waals surface area contributed by atoms with Crippen molar-refractivity contribution in [2.45, 2.75) is 46.1 Å². The van der Waals surface area contributed by atoms with Crippen LogP contribution >= 0.6 is 0 Å². The Morgan fingerprint density at radius 1 is 1.11 bits per heavy atom. The fourth-order valence-corrected chi connectivity index (χ4v) is 2.27.